The van der Waals surface area contributed by atoms with Crippen molar-refractivity contribution < 1.29 is 32.9 Å². The first-order chi connectivity index (χ1) is 16.1. The van der Waals surface area contributed by atoms with Gasteiger partial charge in [0.1, 0.15) is 11.4 Å². The molecule has 2 atom stereocenters. The van der Waals surface area contributed by atoms with Gasteiger partial charge in [0, 0.05) is 6.42 Å². The van der Waals surface area contributed by atoms with Crippen molar-refractivity contribution in [1.29, 1.82) is 0 Å². The van der Waals surface area contributed by atoms with Crippen molar-refractivity contribution in [2.24, 2.45) is 5.73 Å². The summed E-state index contributed by atoms with van der Waals surface area (Å²) in [6.45, 7) is -0.699. The number of sulfone groups is 1. The van der Waals surface area contributed by atoms with E-state index in [2.05, 4.69) is 5.32 Å². The lowest BCUT2D eigenvalue weighted by atomic mass is 9.93. The molecule has 1 saturated carbocycles. The second-order valence-corrected chi connectivity index (χ2v) is 10.8. The van der Waals surface area contributed by atoms with Gasteiger partial charge in [0.2, 0.25) is 14.8 Å². The Kier molecular flexibility index (Phi) is 8.19. The number of methoxy groups -OCH3 is 1. The third kappa shape index (κ3) is 5.52. The number of carbonyl (C=O) groups is 1. The number of nitrogens with one attached hydrogen (secondary N) is 1. The van der Waals surface area contributed by atoms with Crippen LogP contribution in [0, 0.1) is 0 Å². The molecule has 0 saturated heterocycles. The highest BCUT2D eigenvalue weighted by molar-refractivity contribution is 7.92. The molecule has 9 nitrogen and oxygen atoms in total. The molecular weight excluding hydrogens is 460 g/mol. The van der Waals surface area contributed by atoms with Crippen LogP contribution >= 0.6 is 0 Å². The van der Waals surface area contributed by atoms with Gasteiger partial charge in [-0.2, -0.15) is 0 Å². The molecule has 0 aliphatic heterocycles. The number of hydrogen-bond donors (Lipinski definition) is 4. The maximum absolute atomic E-state index is 13.9. The van der Waals surface area contributed by atoms with Crippen LogP contribution in [-0.4, -0.2) is 55.1 Å². The van der Waals surface area contributed by atoms with Crippen LogP contribution in [0.4, 0.5) is 4.79 Å². The summed E-state index contributed by atoms with van der Waals surface area (Å²) >= 11 is 0. The predicted molar refractivity (Wildman–Crippen MR) is 126 cm³/mol. The normalized spacial score (nSPS) is 18.4. The van der Waals surface area contributed by atoms with E-state index in [9.17, 15) is 23.4 Å². The van der Waals surface area contributed by atoms with Crippen LogP contribution < -0.4 is 15.8 Å². The summed E-state index contributed by atoms with van der Waals surface area (Å²) in [4.78, 5) is 8.69. The van der Waals surface area contributed by atoms with Crippen molar-refractivity contribution in [3.05, 3.63) is 60.2 Å². The summed E-state index contributed by atoms with van der Waals surface area (Å²) < 4.78 is 38.7. The van der Waals surface area contributed by atoms with Gasteiger partial charge in [-0.3, -0.25) is 5.32 Å². The molecule has 1 aliphatic rings. The standard InChI is InChI=1S/C24H32N2O7S/c1-32-19-12-14-21(15-13-19)34(30,31)24(29,17-33-20-10-6-3-7-11-20)23(25,26-22(27)28)16-18-8-4-2-5-9-18/h2,4-5,8-9,12-15,20,26,29H,3,6-7,10-11,16-17,25H2,1H3,(H,27,28)/t23-,24-/m0/s1. The van der Waals surface area contributed by atoms with Crippen LogP contribution in [-0.2, 0) is 21.0 Å². The molecule has 186 valence electrons. The molecule has 2 aromatic rings. The van der Waals surface area contributed by atoms with Crippen LogP contribution in [0.25, 0.3) is 0 Å². The minimum atomic E-state index is -4.63. The molecule has 1 fully saturated rings. The number of benzene rings is 2. The molecule has 2 aromatic carbocycles. The third-order valence-corrected chi connectivity index (χ3v) is 8.50. The Hall–Kier alpha value is -2.66. The molecule has 1 aliphatic carbocycles. The van der Waals surface area contributed by atoms with Gasteiger partial charge in [-0.05, 0) is 42.7 Å². The molecule has 0 aromatic heterocycles. The van der Waals surface area contributed by atoms with Crippen molar-refractivity contribution in [2.45, 2.75) is 60.1 Å². The van der Waals surface area contributed by atoms with Crippen molar-refractivity contribution >= 4 is 15.9 Å². The number of aliphatic hydroxyl groups is 1. The molecule has 0 unspecified atom stereocenters. The monoisotopic (exact) mass is 492 g/mol. The Morgan fingerprint density at radius 1 is 1.09 bits per heavy atom. The summed E-state index contributed by atoms with van der Waals surface area (Å²) in [5.41, 5.74) is 4.69. The van der Waals surface area contributed by atoms with E-state index >= 15 is 0 Å². The maximum atomic E-state index is 13.9. The average molecular weight is 493 g/mol. The summed E-state index contributed by atoms with van der Waals surface area (Å²) in [6, 6.07) is 14.0. The Balaban J connectivity index is 2.08. The van der Waals surface area contributed by atoms with Crippen LogP contribution in [0.3, 0.4) is 0 Å². The minimum absolute atomic E-state index is 0.238. The molecule has 0 heterocycles. The van der Waals surface area contributed by atoms with Crippen LogP contribution in [0.1, 0.15) is 37.7 Å². The number of nitrogens with two attached hydrogens (primary N) is 1. The Morgan fingerprint density at radius 3 is 2.26 bits per heavy atom. The minimum Gasteiger partial charge on any atom is -0.497 e. The van der Waals surface area contributed by atoms with E-state index in [-0.39, 0.29) is 17.4 Å². The second kappa shape index (κ2) is 10.7. The molecule has 0 spiro atoms. The maximum Gasteiger partial charge on any atom is 0.406 e. The van der Waals surface area contributed by atoms with Gasteiger partial charge in [0.15, 0.2) is 0 Å². The first-order valence-electron chi connectivity index (χ1n) is 11.2. The first-order valence-corrected chi connectivity index (χ1v) is 12.7. The van der Waals surface area contributed by atoms with Crippen LogP contribution in [0.5, 0.6) is 5.75 Å². The highest BCUT2D eigenvalue weighted by Gasteiger charge is 2.59. The van der Waals surface area contributed by atoms with Gasteiger partial charge < -0.3 is 25.4 Å². The van der Waals surface area contributed by atoms with E-state index in [1.54, 1.807) is 30.3 Å². The van der Waals surface area contributed by atoms with Gasteiger partial charge in [0.25, 0.3) is 0 Å². The lowest BCUT2D eigenvalue weighted by Crippen LogP contribution is -2.75. The first kappa shape index (κ1) is 26.0. The summed E-state index contributed by atoms with van der Waals surface area (Å²) in [7, 11) is -3.18. The summed E-state index contributed by atoms with van der Waals surface area (Å²) in [5.74, 6) is 0.424. The van der Waals surface area contributed by atoms with Gasteiger partial charge in [0.05, 0.1) is 24.7 Å². The number of amides is 1. The SMILES string of the molecule is COc1ccc(S(=O)(=O)[C@@](O)(COC2CCCCC2)[C@](N)(Cc2ccccc2)NC(=O)O)cc1. The average Bonchev–Trinajstić information content (AvgIpc) is 2.83. The van der Waals surface area contributed by atoms with Crippen molar-refractivity contribution in [1.82, 2.24) is 5.32 Å². The molecule has 0 radical (unpaired) electrons. The Labute approximate surface area is 199 Å². The lowest BCUT2D eigenvalue weighted by molar-refractivity contribution is -0.0784. The summed E-state index contributed by atoms with van der Waals surface area (Å²) in [5, 5.41) is 23.5. The van der Waals surface area contributed by atoms with Crippen molar-refractivity contribution in [3.63, 3.8) is 0 Å². The van der Waals surface area contributed by atoms with E-state index in [1.807, 2.05) is 0 Å². The highest BCUT2D eigenvalue weighted by atomic mass is 32.2. The number of ether oxygens (including phenoxy) is 2. The van der Waals surface area contributed by atoms with E-state index in [1.165, 1.54) is 31.4 Å². The van der Waals surface area contributed by atoms with Crippen LogP contribution in [0.2, 0.25) is 0 Å². The topological polar surface area (TPSA) is 148 Å². The van der Waals surface area contributed by atoms with E-state index in [0.717, 1.165) is 32.1 Å². The zero-order chi connectivity index (χ0) is 24.8. The number of rotatable bonds is 10. The zero-order valence-electron chi connectivity index (χ0n) is 19.1. The molecular formula is C24H32N2O7S. The quantitative estimate of drug-likeness (QED) is 0.370. The van der Waals surface area contributed by atoms with Crippen molar-refractivity contribution in [3.8, 4) is 5.75 Å². The Bertz CT molecular complexity index is 1060. The Morgan fingerprint density at radius 2 is 1.71 bits per heavy atom. The van der Waals surface area contributed by atoms with E-state index < -0.39 is 33.1 Å². The van der Waals surface area contributed by atoms with E-state index in [0.29, 0.717) is 11.3 Å². The predicted octanol–water partition coefficient (Wildman–Crippen LogP) is 2.67. The number of hydrogen-bond acceptors (Lipinski definition) is 7. The van der Waals surface area contributed by atoms with Crippen LogP contribution in [0.15, 0.2) is 59.5 Å². The van der Waals surface area contributed by atoms with Gasteiger partial charge in [-0.15, -0.1) is 0 Å². The lowest BCUT2D eigenvalue weighted by Gasteiger charge is -2.44. The van der Waals surface area contributed by atoms with E-state index in [4.69, 9.17) is 15.2 Å². The fraction of sp³-hybridized carbons (Fsp3) is 0.458. The second-order valence-electron chi connectivity index (χ2n) is 8.60. The third-order valence-electron chi connectivity index (χ3n) is 6.23. The fourth-order valence-corrected chi connectivity index (χ4v) is 5.96. The van der Waals surface area contributed by atoms with Gasteiger partial charge in [-0.1, -0.05) is 49.6 Å². The molecule has 10 heteroatoms. The fourth-order valence-electron chi connectivity index (χ4n) is 4.25. The molecule has 3 rings (SSSR count). The zero-order valence-corrected chi connectivity index (χ0v) is 20.0. The molecule has 5 N–H and O–H groups in total. The largest absolute Gasteiger partial charge is 0.497 e. The molecule has 1 amide bonds. The van der Waals surface area contributed by atoms with Crippen molar-refractivity contribution in [2.75, 3.05) is 13.7 Å². The smallest absolute Gasteiger partial charge is 0.406 e. The summed E-state index contributed by atoms with van der Waals surface area (Å²) in [6.07, 6.45) is 2.25. The molecule has 0 bridgehead atoms. The highest BCUT2D eigenvalue weighted by Crippen LogP contribution is 2.35. The number of carboxylic acid groups (broad SMARTS) is 1. The molecule has 34 heavy (non-hydrogen) atoms. The van der Waals surface area contributed by atoms with Gasteiger partial charge >= 0.3 is 6.09 Å². The van der Waals surface area contributed by atoms with Gasteiger partial charge in [-0.25, -0.2) is 13.2 Å².